The standard InChI is InChI=1S/C22H22N2O/c1-22(2,3)20-19(16-10-13-17-11-6-4-7-12-17)21(25)24(23-20)18-14-8-5-9-15-18/h4-16H,1-3H3/b13-10+,19-16-. The Bertz CT molecular complexity index is 841. The number of carbonyl (C=O) groups excluding carboxylic acids is 1. The molecule has 3 nitrogen and oxygen atoms in total. The number of para-hydroxylation sites is 1. The highest BCUT2D eigenvalue weighted by Crippen LogP contribution is 2.31. The van der Waals surface area contributed by atoms with Gasteiger partial charge in [-0.1, -0.05) is 81.5 Å². The molecule has 25 heavy (non-hydrogen) atoms. The molecule has 0 saturated carbocycles. The van der Waals surface area contributed by atoms with Crippen molar-refractivity contribution in [2.45, 2.75) is 20.8 Å². The van der Waals surface area contributed by atoms with E-state index in [0.717, 1.165) is 17.0 Å². The van der Waals surface area contributed by atoms with Crippen molar-refractivity contribution >= 4 is 23.4 Å². The lowest BCUT2D eigenvalue weighted by Gasteiger charge is -2.17. The van der Waals surface area contributed by atoms with E-state index in [-0.39, 0.29) is 11.3 Å². The Balaban J connectivity index is 1.95. The summed E-state index contributed by atoms with van der Waals surface area (Å²) in [6, 6.07) is 19.6. The SMILES string of the molecule is CC(C)(C)C1=NN(c2ccccc2)C(=O)/C1=C\C=C\c1ccccc1. The summed E-state index contributed by atoms with van der Waals surface area (Å²) in [5.41, 5.74) is 3.11. The van der Waals surface area contributed by atoms with Crippen molar-refractivity contribution in [3.63, 3.8) is 0 Å². The highest BCUT2D eigenvalue weighted by Gasteiger charge is 2.36. The van der Waals surface area contributed by atoms with E-state index in [4.69, 9.17) is 0 Å². The molecule has 2 aromatic carbocycles. The maximum absolute atomic E-state index is 12.9. The summed E-state index contributed by atoms with van der Waals surface area (Å²) < 4.78 is 0. The smallest absolute Gasteiger partial charge is 0.267 e. The van der Waals surface area contributed by atoms with Crippen LogP contribution in [0.2, 0.25) is 0 Å². The van der Waals surface area contributed by atoms with Crippen molar-refractivity contribution in [2.24, 2.45) is 10.5 Å². The van der Waals surface area contributed by atoms with Gasteiger partial charge in [0.05, 0.1) is 17.0 Å². The van der Waals surface area contributed by atoms with Crippen molar-refractivity contribution in [1.82, 2.24) is 0 Å². The van der Waals surface area contributed by atoms with Gasteiger partial charge in [0.1, 0.15) is 0 Å². The molecule has 0 saturated heterocycles. The number of hydrogen-bond donors (Lipinski definition) is 0. The molecule has 3 heteroatoms. The molecule has 1 aliphatic rings. The zero-order valence-corrected chi connectivity index (χ0v) is 14.8. The molecular formula is C22H22N2O. The quantitative estimate of drug-likeness (QED) is 0.723. The third kappa shape index (κ3) is 3.77. The third-order valence-corrected chi connectivity index (χ3v) is 3.94. The molecule has 3 rings (SSSR count). The molecule has 0 unspecified atom stereocenters. The monoisotopic (exact) mass is 330 g/mol. The first-order valence-corrected chi connectivity index (χ1v) is 8.39. The summed E-state index contributed by atoms with van der Waals surface area (Å²) >= 11 is 0. The molecule has 0 fully saturated rings. The zero-order chi connectivity index (χ0) is 17.9. The molecule has 0 spiro atoms. The Morgan fingerprint density at radius 3 is 2.12 bits per heavy atom. The lowest BCUT2D eigenvalue weighted by atomic mass is 9.85. The number of rotatable bonds is 3. The van der Waals surface area contributed by atoms with Crippen molar-refractivity contribution in [1.29, 1.82) is 0 Å². The van der Waals surface area contributed by atoms with Crippen LogP contribution in [0.5, 0.6) is 0 Å². The summed E-state index contributed by atoms with van der Waals surface area (Å²) in [7, 11) is 0. The minimum Gasteiger partial charge on any atom is -0.267 e. The Morgan fingerprint density at radius 1 is 0.920 bits per heavy atom. The largest absolute Gasteiger partial charge is 0.280 e. The lowest BCUT2D eigenvalue weighted by molar-refractivity contribution is -0.114. The first kappa shape index (κ1) is 16.9. The van der Waals surface area contributed by atoms with E-state index in [1.165, 1.54) is 5.01 Å². The fourth-order valence-electron chi connectivity index (χ4n) is 2.68. The van der Waals surface area contributed by atoms with E-state index in [1.54, 1.807) is 0 Å². The highest BCUT2D eigenvalue weighted by molar-refractivity contribution is 6.31. The van der Waals surface area contributed by atoms with Crippen LogP contribution in [0.4, 0.5) is 5.69 Å². The molecule has 2 aromatic rings. The second-order valence-corrected chi connectivity index (χ2v) is 7.00. The van der Waals surface area contributed by atoms with E-state index in [2.05, 4.69) is 25.9 Å². The third-order valence-electron chi connectivity index (χ3n) is 3.94. The van der Waals surface area contributed by atoms with Gasteiger partial charge in [0, 0.05) is 5.41 Å². The average molecular weight is 330 g/mol. The van der Waals surface area contributed by atoms with Crippen LogP contribution in [-0.4, -0.2) is 11.6 Å². The molecule has 1 amide bonds. The molecule has 0 radical (unpaired) electrons. The first-order chi connectivity index (χ1) is 12.0. The molecule has 0 bridgehead atoms. The van der Waals surface area contributed by atoms with E-state index in [9.17, 15) is 4.79 Å². The van der Waals surface area contributed by atoms with Gasteiger partial charge in [-0.25, -0.2) is 0 Å². The van der Waals surface area contributed by atoms with Crippen molar-refractivity contribution in [2.75, 3.05) is 5.01 Å². The lowest BCUT2D eigenvalue weighted by Crippen LogP contribution is -2.23. The van der Waals surface area contributed by atoms with Crippen LogP contribution in [0.3, 0.4) is 0 Å². The first-order valence-electron chi connectivity index (χ1n) is 8.39. The van der Waals surface area contributed by atoms with Gasteiger partial charge in [0.15, 0.2) is 0 Å². The normalized spacial score (nSPS) is 16.8. The van der Waals surface area contributed by atoms with Gasteiger partial charge < -0.3 is 0 Å². The molecule has 126 valence electrons. The number of carbonyl (C=O) groups is 1. The van der Waals surface area contributed by atoms with Crippen LogP contribution in [0.25, 0.3) is 6.08 Å². The summed E-state index contributed by atoms with van der Waals surface area (Å²) in [5, 5.41) is 6.10. The second kappa shape index (κ2) is 6.89. The molecule has 0 N–H and O–H groups in total. The molecular weight excluding hydrogens is 308 g/mol. The molecule has 0 aromatic heterocycles. The molecule has 1 heterocycles. The molecule has 0 aliphatic carbocycles. The Labute approximate surface area is 149 Å². The van der Waals surface area contributed by atoms with Crippen molar-refractivity contribution in [3.05, 3.63) is 84.0 Å². The van der Waals surface area contributed by atoms with Crippen molar-refractivity contribution in [3.8, 4) is 0 Å². The Hall–Kier alpha value is -2.94. The van der Waals surface area contributed by atoms with Gasteiger partial charge in [-0.3, -0.25) is 4.79 Å². The number of hydrazone groups is 1. The second-order valence-electron chi connectivity index (χ2n) is 7.00. The van der Waals surface area contributed by atoms with E-state index >= 15 is 0 Å². The van der Waals surface area contributed by atoms with Crippen LogP contribution >= 0.6 is 0 Å². The van der Waals surface area contributed by atoms with Gasteiger partial charge in [-0.15, -0.1) is 0 Å². The number of anilines is 1. The van der Waals surface area contributed by atoms with Crippen LogP contribution in [0.15, 0.2) is 83.5 Å². The Kier molecular flexibility index (Phi) is 4.66. The topological polar surface area (TPSA) is 32.7 Å². The van der Waals surface area contributed by atoms with Gasteiger partial charge in [-0.2, -0.15) is 10.1 Å². The molecule has 1 aliphatic heterocycles. The fourth-order valence-corrected chi connectivity index (χ4v) is 2.68. The van der Waals surface area contributed by atoms with Gasteiger partial charge in [-0.05, 0) is 23.8 Å². The minimum absolute atomic E-state index is 0.0890. The fraction of sp³-hybridized carbons (Fsp3) is 0.182. The van der Waals surface area contributed by atoms with Crippen LogP contribution < -0.4 is 5.01 Å². The number of benzene rings is 2. The summed E-state index contributed by atoms with van der Waals surface area (Å²) in [6.45, 7) is 6.22. The van der Waals surface area contributed by atoms with E-state index in [1.807, 2.05) is 78.9 Å². The maximum Gasteiger partial charge on any atom is 0.280 e. The van der Waals surface area contributed by atoms with E-state index < -0.39 is 0 Å². The predicted molar refractivity (Wildman–Crippen MR) is 104 cm³/mol. The van der Waals surface area contributed by atoms with Crippen LogP contribution in [0, 0.1) is 5.41 Å². The number of nitrogens with zero attached hydrogens (tertiary/aromatic N) is 2. The zero-order valence-electron chi connectivity index (χ0n) is 14.8. The minimum atomic E-state index is -0.217. The van der Waals surface area contributed by atoms with Gasteiger partial charge in [0.25, 0.3) is 5.91 Å². The highest BCUT2D eigenvalue weighted by atomic mass is 16.2. The van der Waals surface area contributed by atoms with Crippen molar-refractivity contribution < 1.29 is 4.79 Å². The molecule has 0 atom stereocenters. The number of hydrogen-bond acceptors (Lipinski definition) is 2. The van der Waals surface area contributed by atoms with Gasteiger partial charge >= 0.3 is 0 Å². The number of amides is 1. The number of allylic oxidation sites excluding steroid dienone is 2. The summed E-state index contributed by atoms with van der Waals surface area (Å²) in [5.74, 6) is -0.0890. The average Bonchev–Trinajstić information content (AvgIpc) is 2.94. The van der Waals surface area contributed by atoms with E-state index in [0.29, 0.717) is 5.57 Å². The van der Waals surface area contributed by atoms with Crippen LogP contribution in [-0.2, 0) is 4.79 Å². The summed E-state index contributed by atoms with van der Waals surface area (Å²) in [4.78, 5) is 12.9. The Morgan fingerprint density at radius 2 is 1.52 bits per heavy atom. The maximum atomic E-state index is 12.9. The van der Waals surface area contributed by atoms with Gasteiger partial charge in [0.2, 0.25) is 0 Å². The van der Waals surface area contributed by atoms with Crippen LogP contribution in [0.1, 0.15) is 26.3 Å². The predicted octanol–water partition coefficient (Wildman–Crippen LogP) is 5.08. The summed E-state index contributed by atoms with van der Waals surface area (Å²) in [6.07, 6.45) is 5.77.